The van der Waals surface area contributed by atoms with Gasteiger partial charge in [-0.05, 0) is 0 Å². The minimum Gasteiger partial charge on any atom is -0.481 e. The van der Waals surface area contributed by atoms with Crippen LogP contribution in [0.2, 0.25) is 0 Å². The Bertz CT molecular complexity index is 199. The van der Waals surface area contributed by atoms with Gasteiger partial charge in [0.1, 0.15) is 5.71 Å². The van der Waals surface area contributed by atoms with Crippen molar-refractivity contribution in [2.45, 2.75) is 13.3 Å². The minimum absolute atomic E-state index is 0.231. The largest absolute Gasteiger partial charge is 0.481 e. The fourth-order valence-corrected chi connectivity index (χ4v) is 0.481. The summed E-state index contributed by atoms with van der Waals surface area (Å²) < 4.78 is 0. The van der Waals surface area contributed by atoms with E-state index in [0.29, 0.717) is 0 Å². The first-order valence-electron chi connectivity index (χ1n) is 2.98. The lowest BCUT2D eigenvalue weighted by Crippen LogP contribution is -2.19. The molecule has 62 valence electrons. The van der Waals surface area contributed by atoms with Gasteiger partial charge in [-0.3, -0.25) is 10.2 Å². The molecular weight excluding hydrogens is 150 g/mol. The number of aliphatic carboxylic acids is 2. The lowest BCUT2D eigenvalue weighted by molar-refractivity contribution is -0.140. The van der Waals surface area contributed by atoms with Crippen molar-refractivity contribution in [2.75, 3.05) is 0 Å². The predicted molar refractivity (Wildman–Crippen MR) is 36.8 cm³/mol. The maximum absolute atomic E-state index is 10.2. The first-order chi connectivity index (χ1) is 4.95. The van der Waals surface area contributed by atoms with Crippen LogP contribution in [0.3, 0.4) is 0 Å². The summed E-state index contributed by atoms with van der Waals surface area (Å²) in [5, 5.41) is 23.3. The Hall–Kier alpha value is -1.39. The van der Waals surface area contributed by atoms with Crippen molar-refractivity contribution in [3.05, 3.63) is 0 Å². The van der Waals surface area contributed by atoms with Crippen LogP contribution in [0.4, 0.5) is 0 Å². The van der Waals surface area contributed by atoms with E-state index in [1.165, 1.54) is 6.92 Å². The number of carbonyl (C=O) groups is 2. The second-order valence-electron chi connectivity index (χ2n) is 2.23. The normalized spacial score (nSPS) is 12.1. The van der Waals surface area contributed by atoms with Gasteiger partial charge in [0.2, 0.25) is 0 Å². The Labute approximate surface area is 63.2 Å². The van der Waals surface area contributed by atoms with Gasteiger partial charge in [0.05, 0.1) is 5.92 Å². The third kappa shape index (κ3) is 3.34. The van der Waals surface area contributed by atoms with Crippen molar-refractivity contribution >= 4 is 17.7 Å². The Morgan fingerprint density at radius 1 is 1.45 bits per heavy atom. The Balaban J connectivity index is 3.95. The highest BCUT2D eigenvalue weighted by atomic mass is 16.4. The molecule has 0 saturated carbocycles. The molecule has 0 heterocycles. The quantitative estimate of drug-likeness (QED) is 0.510. The Morgan fingerprint density at radius 2 is 1.91 bits per heavy atom. The first-order valence-corrected chi connectivity index (χ1v) is 2.98. The van der Waals surface area contributed by atoms with Gasteiger partial charge in [0.15, 0.2) is 0 Å². The molecule has 1 atom stereocenters. The van der Waals surface area contributed by atoms with Crippen LogP contribution in [-0.2, 0) is 9.59 Å². The number of carboxylic acid groups (broad SMARTS) is 2. The minimum atomic E-state index is -1.36. The van der Waals surface area contributed by atoms with E-state index >= 15 is 0 Å². The summed E-state index contributed by atoms with van der Waals surface area (Å²) in [6.45, 7) is 1.36. The highest BCUT2D eigenvalue weighted by Gasteiger charge is 2.16. The van der Waals surface area contributed by atoms with Gasteiger partial charge in [-0.15, -0.1) is 0 Å². The zero-order chi connectivity index (χ0) is 9.02. The molecule has 0 spiro atoms. The summed E-state index contributed by atoms with van der Waals surface area (Å²) in [7, 11) is 0. The summed E-state index contributed by atoms with van der Waals surface area (Å²) in [6.07, 6.45) is -0.231. The monoisotopic (exact) mass is 159 g/mol. The van der Waals surface area contributed by atoms with Crippen LogP contribution in [-0.4, -0.2) is 27.9 Å². The molecule has 0 aromatic rings. The van der Waals surface area contributed by atoms with Gasteiger partial charge in [-0.25, -0.2) is 4.79 Å². The summed E-state index contributed by atoms with van der Waals surface area (Å²) in [4.78, 5) is 20.2. The van der Waals surface area contributed by atoms with E-state index < -0.39 is 23.6 Å². The molecule has 0 aliphatic heterocycles. The number of carboxylic acids is 2. The summed E-state index contributed by atoms with van der Waals surface area (Å²) in [6, 6.07) is 0. The Kier molecular flexibility index (Phi) is 3.23. The molecule has 0 rings (SSSR count). The van der Waals surface area contributed by atoms with Gasteiger partial charge in [0.25, 0.3) is 0 Å². The fourth-order valence-electron chi connectivity index (χ4n) is 0.481. The number of hydrogen-bond donors (Lipinski definition) is 3. The zero-order valence-electron chi connectivity index (χ0n) is 6.00. The number of hydrogen-bond acceptors (Lipinski definition) is 3. The molecule has 0 saturated heterocycles. The predicted octanol–water partition coefficient (Wildman–Crippen LogP) is 0.202. The molecule has 0 amide bonds. The number of rotatable bonds is 4. The fraction of sp³-hybridized carbons (Fsp3) is 0.500. The molecule has 3 N–H and O–H groups in total. The standard InChI is InChI=1S/C6H9NO4/c1-3(5(8)9)2-4(7)6(10)11/h3,7H,2H2,1H3,(H,8,9)(H,10,11). The van der Waals surface area contributed by atoms with E-state index in [2.05, 4.69) is 0 Å². The van der Waals surface area contributed by atoms with Gasteiger partial charge in [0, 0.05) is 6.42 Å². The van der Waals surface area contributed by atoms with Gasteiger partial charge < -0.3 is 10.2 Å². The second kappa shape index (κ2) is 3.70. The van der Waals surface area contributed by atoms with Gasteiger partial charge in [-0.1, -0.05) is 6.92 Å². The molecule has 0 bridgehead atoms. The molecule has 11 heavy (non-hydrogen) atoms. The van der Waals surface area contributed by atoms with Crippen molar-refractivity contribution in [1.82, 2.24) is 0 Å². The lowest BCUT2D eigenvalue weighted by Gasteiger charge is -2.02. The molecule has 5 nitrogen and oxygen atoms in total. The maximum atomic E-state index is 10.2. The van der Waals surface area contributed by atoms with Crippen LogP contribution < -0.4 is 0 Å². The topological polar surface area (TPSA) is 98.5 Å². The van der Waals surface area contributed by atoms with Crippen LogP contribution in [0, 0.1) is 11.3 Å². The van der Waals surface area contributed by atoms with Gasteiger partial charge >= 0.3 is 11.9 Å². The molecule has 0 aliphatic rings. The van der Waals surface area contributed by atoms with E-state index in [1.54, 1.807) is 0 Å². The average Bonchev–Trinajstić information content (AvgIpc) is 1.87. The average molecular weight is 159 g/mol. The number of nitrogens with one attached hydrogen (secondary N) is 1. The summed E-state index contributed by atoms with van der Waals surface area (Å²) in [5.74, 6) is -3.26. The molecule has 0 aromatic carbocycles. The summed E-state index contributed by atoms with van der Waals surface area (Å²) in [5.41, 5.74) is -0.570. The van der Waals surface area contributed by atoms with Crippen molar-refractivity contribution in [3.63, 3.8) is 0 Å². The first kappa shape index (κ1) is 9.61. The van der Waals surface area contributed by atoms with E-state index in [4.69, 9.17) is 15.6 Å². The van der Waals surface area contributed by atoms with Crippen LogP contribution in [0.5, 0.6) is 0 Å². The highest BCUT2D eigenvalue weighted by molar-refractivity contribution is 6.34. The molecule has 0 aromatic heterocycles. The van der Waals surface area contributed by atoms with Crippen molar-refractivity contribution in [3.8, 4) is 0 Å². The SMILES string of the molecule is CC(CC(=N)C(=O)O)C(=O)O. The smallest absolute Gasteiger partial charge is 0.349 e. The third-order valence-corrected chi connectivity index (χ3v) is 1.19. The van der Waals surface area contributed by atoms with E-state index in [-0.39, 0.29) is 6.42 Å². The van der Waals surface area contributed by atoms with E-state index in [0.717, 1.165) is 0 Å². The van der Waals surface area contributed by atoms with E-state index in [1.807, 2.05) is 0 Å². The molecule has 0 aliphatic carbocycles. The second-order valence-corrected chi connectivity index (χ2v) is 2.23. The van der Waals surface area contributed by atoms with Crippen molar-refractivity contribution in [1.29, 1.82) is 5.41 Å². The molecule has 5 heteroatoms. The molecule has 1 unspecified atom stereocenters. The van der Waals surface area contributed by atoms with Crippen LogP contribution in [0.25, 0.3) is 0 Å². The zero-order valence-corrected chi connectivity index (χ0v) is 6.00. The van der Waals surface area contributed by atoms with Crippen molar-refractivity contribution < 1.29 is 19.8 Å². The lowest BCUT2D eigenvalue weighted by atomic mass is 10.1. The van der Waals surface area contributed by atoms with Crippen molar-refractivity contribution in [2.24, 2.45) is 5.92 Å². The van der Waals surface area contributed by atoms with E-state index in [9.17, 15) is 9.59 Å². The maximum Gasteiger partial charge on any atom is 0.349 e. The van der Waals surface area contributed by atoms with Gasteiger partial charge in [-0.2, -0.15) is 0 Å². The van der Waals surface area contributed by atoms with Crippen LogP contribution >= 0.6 is 0 Å². The molecule has 0 radical (unpaired) electrons. The van der Waals surface area contributed by atoms with Crippen LogP contribution in [0.15, 0.2) is 0 Å². The third-order valence-electron chi connectivity index (χ3n) is 1.19. The highest BCUT2D eigenvalue weighted by Crippen LogP contribution is 2.02. The van der Waals surface area contributed by atoms with Crippen LogP contribution in [0.1, 0.15) is 13.3 Å². The summed E-state index contributed by atoms with van der Waals surface area (Å²) >= 11 is 0. The molecular formula is C6H9NO4. The Morgan fingerprint density at radius 3 is 2.18 bits per heavy atom. The molecule has 0 fully saturated rings.